The summed E-state index contributed by atoms with van der Waals surface area (Å²) in [5.74, 6) is -0.187. The monoisotopic (exact) mass is 322 g/mol. The summed E-state index contributed by atoms with van der Waals surface area (Å²) in [6.45, 7) is 0.112. The number of hydrogen-bond acceptors (Lipinski definition) is 6. The molecule has 0 saturated carbocycles. The number of halogens is 1. The fourth-order valence-electron chi connectivity index (χ4n) is 1.83. The molecular formula is C15H15ClN2O4. The van der Waals surface area contributed by atoms with Gasteiger partial charge in [0.05, 0.1) is 36.5 Å². The highest BCUT2D eigenvalue weighted by Crippen LogP contribution is 2.33. The standard InChI is InChI=1S/C15H15ClN2O4/c1-21-14(20)4-5-22-13-3-2-9(6-12(13)19)15-11(17)7-10(16)8-18-15/h2-3,6-8,19H,4-5,17H2,1H3. The molecule has 0 atom stereocenters. The first kappa shape index (κ1) is 15.9. The van der Waals surface area contributed by atoms with Crippen molar-refractivity contribution in [1.82, 2.24) is 4.98 Å². The molecule has 0 radical (unpaired) electrons. The van der Waals surface area contributed by atoms with Crippen LogP contribution in [0.3, 0.4) is 0 Å². The molecular weight excluding hydrogens is 308 g/mol. The summed E-state index contributed by atoms with van der Waals surface area (Å²) in [5.41, 5.74) is 7.41. The normalized spacial score (nSPS) is 10.3. The Hall–Kier alpha value is -2.47. The Bertz CT molecular complexity index is 691. The molecule has 116 valence electrons. The lowest BCUT2D eigenvalue weighted by molar-refractivity contribution is -0.141. The number of pyridine rings is 1. The van der Waals surface area contributed by atoms with E-state index in [0.717, 1.165) is 0 Å². The van der Waals surface area contributed by atoms with Gasteiger partial charge >= 0.3 is 5.97 Å². The van der Waals surface area contributed by atoms with Crippen LogP contribution < -0.4 is 10.5 Å². The summed E-state index contributed by atoms with van der Waals surface area (Å²) in [6, 6.07) is 6.36. The zero-order chi connectivity index (χ0) is 16.1. The lowest BCUT2D eigenvalue weighted by Gasteiger charge is -2.10. The van der Waals surface area contributed by atoms with Crippen LogP contribution >= 0.6 is 11.6 Å². The Morgan fingerprint density at radius 3 is 2.82 bits per heavy atom. The van der Waals surface area contributed by atoms with E-state index >= 15 is 0 Å². The predicted octanol–water partition coefficient (Wildman–Crippen LogP) is 2.63. The van der Waals surface area contributed by atoms with Gasteiger partial charge in [0, 0.05) is 11.8 Å². The van der Waals surface area contributed by atoms with Crippen LogP contribution in [-0.2, 0) is 9.53 Å². The van der Waals surface area contributed by atoms with Gasteiger partial charge in [-0.25, -0.2) is 0 Å². The van der Waals surface area contributed by atoms with Gasteiger partial charge in [-0.3, -0.25) is 9.78 Å². The summed E-state index contributed by atoms with van der Waals surface area (Å²) < 4.78 is 9.83. The van der Waals surface area contributed by atoms with Gasteiger partial charge in [0.2, 0.25) is 0 Å². The highest BCUT2D eigenvalue weighted by atomic mass is 35.5. The Balaban J connectivity index is 2.14. The van der Waals surface area contributed by atoms with E-state index in [9.17, 15) is 9.90 Å². The number of carbonyl (C=O) groups excluding carboxylic acids is 1. The van der Waals surface area contributed by atoms with Crippen molar-refractivity contribution in [3.63, 3.8) is 0 Å². The number of nitrogen functional groups attached to an aromatic ring is 1. The first-order valence-corrected chi connectivity index (χ1v) is 6.83. The van der Waals surface area contributed by atoms with E-state index in [1.807, 2.05) is 0 Å². The number of phenolic OH excluding ortho intramolecular Hbond substituents is 1. The third kappa shape index (κ3) is 3.79. The lowest BCUT2D eigenvalue weighted by Crippen LogP contribution is -2.07. The number of hydrogen-bond donors (Lipinski definition) is 2. The van der Waals surface area contributed by atoms with Crippen LogP contribution in [0.15, 0.2) is 30.5 Å². The zero-order valence-corrected chi connectivity index (χ0v) is 12.6. The van der Waals surface area contributed by atoms with Crippen LogP contribution in [0, 0.1) is 0 Å². The molecule has 1 aromatic heterocycles. The van der Waals surface area contributed by atoms with Crippen LogP contribution in [-0.4, -0.2) is 29.8 Å². The fraction of sp³-hybridized carbons (Fsp3) is 0.200. The van der Waals surface area contributed by atoms with E-state index in [1.165, 1.54) is 19.4 Å². The number of nitrogens with two attached hydrogens (primary N) is 1. The minimum absolute atomic E-state index is 0.0708. The average molecular weight is 323 g/mol. The Labute approximate surface area is 132 Å². The summed E-state index contributed by atoms with van der Waals surface area (Å²) >= 11 is 5.81. The third-order valence-electron chi connectivity index (χ3n) is 2.91. The second kappa shape index (κ2) is 7.00. The van der Waals surface area contributed by atoms with Crippen molar-refractivity contribution >= 4 is 23.3 Å². The largest absolute Gasteiger partial charge is 0.504 e. The van der Waals surface area contributed by atoms with Gasteiger partial charge in [-0.1, -0.05) is 11.6 Å². The first-order chi connectivity index (χ1) is 10.5. The van der Waals surface area contributed by atoms with Crippen LogP contribution in [0.4, 0.5) is 5.69 Å². The molecule has 1 aromatic carbocycles. The van der Waals surface area contributed by atoms with Crippen molar-refractivity contribution in [2.75, 3.05) is 19.5 Å². The highest BCUT2D eigenvalue weighted by molar-refractivity contribution is 6.30. The molecule has 3 N–H and O–H groups in total. The molecule has 0 spiro atoms. The first-order valence-electron chi connectivity index (χ1n) is 6.45. The Morgan fingerprint density at radius 1 is 1.41 bits per heavy atom. The van der Waals surface area contributed by atoms with Gasteiger partial charge < -0.3 is 20.3 Å². The second-order valence-corrected chi connectivity index (χ2v) is 4.88. The summed E-state index contributed by atoms with van der Waals surface area (Å²) in [4.78, 5) is 15.1. The number of carbonyl (C=O) groups is 1. The van der Waals surface area contributed by atoms with Gasteiger partial charge in [0.15, 0.2) is 11.5 Å². The minimum atomic E-state index is -0.380. The van der Waals surface area contributed by atoms with Crippen molar-refractivity contribution in [3.05, 3.63) is 35.5 Å². The number of rotatable bonds is 5. The van der Waals surface area contributed by atoms with Crippen LogP contribution in [0.2, 0.25) is 5.02 Å². The van der Waals surface area contributed by atoms with Crippen LogP contribution in [0.5, 0.6) is 11.5 Å². The number of esters is 1. The molecule has 6 nitrogen and oxygen atoms in total. The molecule has 0 bridgehead atoms. The van der Waals surface area contributed by atoms with Crippen molar-refractivity contribution in [1.29, 1.82) is 0 Å². The highest BCUT2D eigenvalue weighted by Gasteiger charge is 2.10. The molecule has 7 heteroatoms. The molecule has 0 amide bonds. The second-order valence-electron chi connectivity index (χ2n) is 4.45. The number of anilines is 1. The molecule has 2 aromatic rings. The van der Waals surface area contributed by atoms with Gasteiger partial charge in [0.25, 0.3) is 0 Å². The number of nitrogens with zero attached hydrogens (tertiary/aromatic N) is 1. The van der Waals surface area contributed by atoms with Crippen molar-refractivity contribution in [2.24, 2.45) is 0 Å². The fourth-order valence-corrected chi connectivity index (χ4v) is 2.00. The Morgan fingerprint density at radius 2 is 2.18 bits per heavy atom. The number of methoxy groups -OCH3 is 1. The molecule has 0 fully saturated rings. The van der Waals surface area contributed by atoms with Crippen LogP contribution in [0.25, 0.3) is 11.3 Å². The molecule has 1 heterocycles. The minimum Gasteiger partial charge on any atom is -0.504 e. The van der Waals surface area contributed by atoms with E-state index in [-0.39, 0.29) is 30.5 Å². The summed E-state index contributed by atoms with van der Waals surface area (Å²) in [5, 5.41) is 10.4. The number of aromatic hydroxyl groups is 1. The number of benzene rings is 1. The number of ether oxygens (including phenoxy) is 2. The summed E-state index contributed by atoms with van der Waals surface area (Å²) in [6.07, 6.45) is 1.58. The molecule has 2 rings (SSSR count). The maximum Gasteiger partial charge on any atom is 0.308 e. The smallest absolute Gasteiger partial charge is 0.308 e. The molecule has 0 saturated heterocycles. The van der Waals surface area contributed by atoms with Gasteiger partial charge in [-0.2, -0.15) is 0 Å². The lowest BCUT2D eigenvalue weighted by atomic mass is 10.1. The van der Waals surface area contributed by atoms with E-state index in [1.54, 1.807) is 18.2 Å². The van der Waals surface area contributed by atoms with E-state index in [4.69, 9.17) is 22.1 Å². The average Bonchev–Trinajstić information content (AvgIpc) is 2.48. The van der Waals surface area contributed by atoms with Gasteiger partial charge in [-0.05, 0) is 24.3 Å². The van der Waals surface area contributed by atoms with Crippen molar-refractivity contribution in [2.45, 2.75) is 6.42 Å². The molecule has 0 aliphatic rings. The zero-order valence-electron chi connectivity index (χ0n) is 11.9. The predicted molar refractivity (Wildman–Crippen MR) is 82.9 cm³/mol. The van der Waals surface area contributed by atoms with Crippen molar-refractivity contribution < 1.29 is 19.4 Å². The topological polar surface area (TPSA) is 94.7 Å². The molecule has 0 unspecified atom stereocenters. The van der Waals surface area contributed by atoms with Gasteiger partial charge in [-0.15, -0.1) is 0 Å². The summed E-state index contributed by atoms with van der Waals surface area (Å²) in [7, 11) is 1.30. The van der Waals surface area contributed by atoms with E-state index < -0.39 is 0 Å². The quantitative estimate of drug-likeness (QED) is 0.822. The Kier molecular flexibility index (Phi) is 5.06. The molecule has 0 aliphatic carbocycles. The number of phenols is 1. The van der Waals surface area contributed by atoms with Crippen molar-refractivity contribution in [3.8, 4) is 22.8 Å². The molecule has 22 heavy (non-hydrogen) atoms. The number of aromatic nitrogens is 1. The van der Waals surface area contributed by atoms with Gasteiger partial charge in [0.1, 0.15) is 0 Å². The maximum absolute atomic E-state index is 11.0. The van der Waals surface area contributed by atoms with E-state index in [0.29, 0.717) is 22.0 Å². The molecule has 0 aliphatic heterocycles. The van der Waals surface area contributed by atoms with E-state index in [2.05, 4.69) is 9.72 Å². The maximum atomic E-state index is 11.0. The van der Waals surface area contributed by atoms with Crippen LogP contribution in [0.1, 0.15) is 6.42 Å². The SMILES string of the molecule is COC(=O)CCOc1ccc(-c2ncc(Cl)cc2N)cc1O. The third-order valence-corrected chi connectivity index (χ3v) is 3.11.